The fourth-order valence-corrected chi connectivity index (χ4v) is 2.37. The highest BCUT2D eigenvalue weighted by molar-refractivity contribution is 5.41. The molecule has 0 aliphatic heterocycles. The Labute approximate surface area is 126 Å². The van der Waals surface area contributed by atoms with Gasteiger partial charge in [-0.2, -0.15) is 4.98 Å². The number of hydrogen-bond acceptors (Lipinski definition) is 4. The molecular formula is C17H24N2O2. The molecule has 21 heavy (non-hydrogen) atoms. The highest BCUT2D eigenvalue weighted by Gasteiger charge is 2.18. The van der Waals surface area contributed by atoms with Crippen LogP contribution in [-0.4, -0.2) is 15.2 Å². The Morgan fingerprint density at radius 1 is 1.19 bits per heavy atom. The zero-order valence-corrected chi connectivity index (χ0v) is 13.7. The lowest BCUT2D eigenvalue weighted by Crippen LogP contribution is -2.12. The van der Waals surface area contributed by atoms with Crippen LogP contribution in [0.2, 0.25) is 0 Å². The predicted octanol–water partition coefficient (Wildman–Crippen LogP) is 3.63. The van der Waals surface area contributed by atoms with Crippen molar-refractivity contribution < 1.29 is 9.63 Å². The van der Waals surface area contributed by atoms with Crippen LogP contribution in [0.3, 0.4) is 0 Å². The minimum absolute atomic E-state index is 0.139. The van der Waals surface area contributed by atoms with Crippen LogP contribution < -0.4 is 0 Å². The molecule has 0 unspecified atom stereocenters. The van der Waals surface area contributed by atoms with Crippen molar-refractivity contribution >= 4 is 0 Å². The van der Waals surface area contributed by atoms with Crippen molar-refractivity contribution in [2.24, 2.45) is 0 Å². The van der Waals surface area contributed by atoms with Gasteiger partial charge in [-0.3, -0.25) is 0 Å². The van der Waals surface area contributed by atoms with Gasteiger partial charge in [0.15, 0.2) is 5.82 Å². The van der Waals surface area contributed by atoms with E-state index >= 15 is 0 Å². The zero-order chi connectivity index (χ0) is 15.8. The molecule has 4 heteroatoms. The molecule has 0 saturated heterocycles. The van der Waals surface area contributed by atoms with Gasteiger partial charge in [0.05, 0.1) is 0 Å². The van der Waals surface area contributed by atoms with E-state index in [1.165, 1.54) is 22.3 Å². The van der Waals surface area contributed by atoms with E-state index < -0.39 is 6.10 Å². The monoisotopic (exact) mass is 288 g/mol. The molecule has 0 amide bonds. The van der Waals surface area contributed by atoms with Gasteiger partial charge in [0.2, 0.25) is 0 Å². The van der Waals surface area contributed by atoms with Gasteiger partial charge in [-0.15, -0.1) is 0 Å². The molecule has 1 N–H and O–H groups in total. The maximum absolute atomic E-state index is 9.44. The number of aryl methyl sites for hydroxylation is 2. The van der Waals surface area contributed by atoms with Crippen LogP contribution in [-0.2, 0) is 11.8 Å². The van der Waals surface area contributed by atoms with Crippen LogP contribution in [0.4, 0.5) is 0 Å². The molecule has 1 aromatic carbocycles. The molecule has 1 atom stereocenters. The third kappa shape index (κ3) is 3.50. The molecule has 2 aromatic rings. The van der Waals surface area contributed by atoms with E-state index in [1.54, 1.807) is 6.92 Å². The number of aliphatic hydroxyl groups is 1. The van der Waals surface area contributed by atoms with E-state index in [-0.39, 0.29) is 11.3 Å². The minimum atomic E-state index is -0.725. The number of benzene rings is 1. The molecule has 0 aliphatic rings. The number of hydrogen-bond donors (Lipinski definition) is 1. The van der Waals surface area contributed by atoms with Crippen LogP contribution in [0.25, 0.3) is 0 Å². The summed E-state index contributed by atoms with van der Waals surface area (Å²) >= 11 is 0. The van der Waals surface area contributed by atoms with Gasteiger partial charge in [0.1, 0.15) is 6.10 Å². The lowest BCUT2D eigenvalue weighted by Gasteiger charge is -2.22. The SMILES string of the molecule is Cc1cc(C(C)(C)C)cc(C)c1Cc1noc([C@H](C)O)n1. The second-order valence-corrected chi connectivity index (χ2v) is 6.74. The summed E-state index contributed by atoms with van der Waals surface area (Å²) in [5.74, 6) is 0.882. The highest BCUT2D eigenvalue weighted by atomic mass is 16.5. The van der Waals surface area contributed by atoms with E-state index in [9.17, 15) is 5.11 Å². The Morgan fingerprint density at radius 2 is 1.76 bits per heavy atom. The molecule has 0 spiro atoms. The van der Waals surface area contributed by atoms with E-state index in [0.29, 0.717) is 12.2 Å². The van der Waals surface area contributed by atoms with Gasteiger partial charge in [-0.05, 0) is 48.4 Å². The summed E-state index contributed by atoms with van der Waals surface area (Å²) in [6.45, 7) is 12.5. The van der Waals surface area contributed by atoms with Crippen molar-refractivity contribution in [3.63, 3.8) is 0 Å². The molecule has 4 nitrogen and oxygen atoms in total. The number of aromatic nitrogens is 2. The first-order valence-electron chi connectivity index (χ1n) is 7.29. The van der Waals surface area contributed by atoms with Crippen molar-refractivity contribution in [2.45, 2.75) is 59.5 Å². The largest absolute Gasteiger partial charge is 0.384 e. The van der Waals surface area contributed by atoms with Gasteiger partial charge < -0.3 is 9.63 Å². The molecule has 0 bridgehead atoms. The summed E-state index contributed by atoms with van der Waals surface area (Å²) in [5, 5.41) is 13.4. The molecule has 114 valence electrons. The fourth-order valence-electron chi connectivity index (χ4n) is 2.37. The summed E-state index contributed by atoms with van der Waals surface area (Å²) in [6.07, 6.45) is -0.102. The quantitative estimate of drug-likeness (QED) is 0.937. The second-order valence-electron chi connectivity index (χ2n) is 6.74. The third-order valence-electron chi connectivity index (χ3n) is 3.74. The van der Waals surface area contributed by atoms with Gasteiger partial charge in [-0.25, -0.2) is 0 Å². The number of aliphatic hydroxyl groups excluding tert-OH is 1. The van der Waals surface area contributed by atoms with Crippen molar-refractivity contribution in [3.8, 4) is 0 Å². The Morgan fingerprint density at radius 3 is 2.19 bits per heavy atom. The lowest BCUT2D eigenvalue weighted by molar-refractivity contribution is 0.151. The molecule has 0 aliphatic carbocycles. The summed E-state index contributed by atoms with van der Waals surface area (Å²) in [4.78, 5) is 4.23. The summed E-state index contributed by atoms with van der Waals surface area (Å²) in [6, 6.07) is 4.47. The van der Waals surface area contributed by atoms with Crippen LogP contribution in [0.15, 0.2) is 16.7 Å². The second kappa shape index (κ2) is 5.60. The van der Waals surface area contributed by atoms with Gasteiger partial charge in [0, 0.05) is 6.42 Å². The van der Waals surface area contributed by atoms with Crippen LogP contribution >= 0.6 is 0 Å². The molecule has 0 fully saturated rings. The van der Waals surface area contributed by atoms with Gasteiger partial charge in [0.25, 0.3) is 5.89 Å². The average molecular weight is 288 g/mol. The zero-order valence-electron chi connectivity index (χ0n) is 13.7. The number of nitrogens with zero attached hydrogens (tertiary/aromatic N) is 2. The smallest absolute Gasteiger partial charge is 0.255 e. The standard InChI is InChI=1S/C17H24N2O2/c1-10-7-13(17(4,5)6)8-11(2)14(10)9-15-18-16(12(3)20)21-19-15/h7-8,12,20H,9H2,1-6H3/t12-/m0/s1. The molecule has 2 rings (SSSR count). The Kier molecular flexibility index (Phi) is 4.19. The first-order valence-corrected chi connectivity index (χ1v) is 7.29. The van der Waals surface area contributed by atoms with Crippen molar-refractivity contribution in [2.75, 3.05) is 0 Å². The molecule has 1 heterocycles. The van der Waals surface area contributed by atoms with Crippen LogP contribution in [0, 0.1) is 13.8 Å². The molecule has 0 radical (unpaired) electrons. The van der Waals surface area contributed by atoms with E-state index in [0.717, 1.165) is 0 Å². The molecule has 0 saturated carbocycles. The lowest BCUT2D eigenvalue weighted by atomic mass is 9.83. The predicted molar refractivity (Wildman–Crippen MR) is 82.4 cm³/mol. The molecule has 1 aromatic heterocycles. The van der Waals surface area contributed by atoms with E-state index in [2.05, 4.69) is 56.9 Å². The fraction of sp³-hybridized carbons (Fsp3) is 0.529. The maximum atomic E-state index is 9.44. The van der Waals surface area contributed by atoms with E-state index in [1.807, 2.05) is 0 Å². The van der Waals surface area contributed by atoms with Crippen LogP contribution in [0.1, 0.15) is 67.8 Å². The summed E-state index contributed by atoms with van der Waals surface area (Å²) in [5.41, 5.74) is 5.17. The normalized spacial score (nSPS) is 13.5. The van der Waals surface area contributed by atoms with Gasteiger partial charge >= 0.3 is 0 Å². The van der Waals surface area contributed by atoms with Crippen molar-refractivity contribution in [3.05, 3.63) is 46.1 Å². The first kappa shape index (κ1) is 15.7. The molecular weight excluding hydrogens is 264 g/mol. The van der Waals surface area contributed by atoms with Gasteiger partial charge in [-0.1, -0.05) is 38.1 Å². The van der Waals surface area contributed by atoms with Crippen molar-refractivity contribution in [1.29, 1.82) is 0 Å². The Hall–Kier alpha value is -1.68. The topological polar surface area (TPSA) is 59.2 Å². The Bertz CT molecular complexity index is 613. The maximum Gasteiger partial charge on any atom is 0.255 e. The highest BCUT2D eigenvalue weighted by Crippen LogP contribution is 2.27. The van der Waals surface area contributed by atoms with Crippen molar-refractivity contribution in [1.82, 2.24) is 10.1 Å². The minimum Gasteiger partial charge on any atom is -0.384 e. The van der Waals surface area contributed by atoms with Crippen LogP contribution in [0.5, 0.6) is 0 Å². The average Bonchev–Trinajstić information content (AvgIpc) is 2.81. The first-order chi connectivity index (χ1) is 9.68. The van der Waals surface area contributed by atoms with E-state index in [4.69, 9.17) is 4.52 Å². The summed E-state index contributed by atoms with van der Waals surface area (Å²) in [7, 11) is 0. The number of rotatable bonds is 3. The third-order valence-corrected chi connectivity index (χ3v) is 3.74. The summed E-state index contributed by atoms with van der Waals surface area (Å²) < 4.78 is 5.04. The Balaban J connectivity index is 2.32.